The van der Waals surface area contributed by atoms with Gasteiger partial charge in [-0.2, -0.15) is 9.97 Å². The lowest BCUT2D eigenvalue weighted by atomic mass is 9.94. The molecule has 3 fully saturated rings. The van der Waals surface area contributed by atoms with Crippen LogP contribution in [0.15, 0.2) is 48.7 Å². The fourth-order valence-corrected chi connectivity index (χ4v) is 9.29. The number of nitrogens with zero attached hydrogens (tertiary/aromatic N) is 6. The SMILES string of the molecule is C#Cc1c(F)ccc2cc(OCOC)cc(-c3ncc4c(N5CCCCCN5C(=O)OC(C)(C)C)nc(OC[C@@]56CC[C@H](c7ccc8c(c7)OC(F)(F)O8)N5C[C@H](F)C6)nc4c3F)c12. The van der Waals surface area contributed by atoms with E-state index in [0.717, 1.165) is 6.42 Å². The average molecular weight is 889 g/mol. The van der Waals surface area contributed by atoms with Gasteiger partial charge in [-0.05, 0) is 94.2 Å². The predicted octanol–water partition coefficient (Wildman–Crippen LogP) is 9.25. The smallest absolute Gasteiger partial charge is 0.468 e. The van der Waals surface area contributed by atoms with Crippen LogP contribution in [0, 0.1) is 24.0 Å². The van der Waals surface area contributed by atoms with E-state index in [9.17, 15) is 13.6 Å². The minimum absolute atomic E-state index is 0.0477. The van der Waals surface area contributed by atoms with Crippen LogP contribution in [-0.4, -0.2) is 94.7 Å². The van der Waals surface area contributed by atoms with E-state index in [1.165, 1.54) is 48.6 Å². The average Bonchev–Trinajstić information content (AvgIpc) is 3.78. The Morgan fingerprint density at radius 1 is 1.02 bits per heavy atom. The van der Waals surface area contributed by atoms with Gasteiger partial charge in [-0.1, -0.05) is 18.1 Å². The molecule has 64 heavy (non-hydrogen) atoms. The highest BCUT2D eigenvalue weighted by Crippen LogP contribution is 2.52. The third-order valence-corrected chi connectivity index (χ3v) is 12.0. The molecule has 9 rings (SSSR count). The molecule has 4 aliphatic rings. The van der Waals surface area contributed by atoms with Gasteiger partial charge in [0.05, 0.1) is 16.5 Å². The van der Waals surface area contributed by atoms with Gasteiger partial charge in [-0.15, -0.1) is 15.2 Å². The Morgan fingerprint density at radius 3 is 2.59 bits per heavy atom. The van der Waals surface area contributed by atoms with Crippen molar-refractivity contribution in [1.82, 2.24) is 24.9 Å². The molecular formula is C46H45F5N6O7. The van der Waals surface area contributed by atoms with Crippen LogP contribution in [0.5, 0.6) is 23.3 Å². The first-order valence-electron chi connectivity index (χ1n) is 21.0. The number of hydrogen-bond acceptors (Lipinski definition) is 12. The molecule has 0 aliphatic carbocycles. The van der Waals surface area contributed by atoms with Crippen molar-refractivity contribution in [2.45, 2.75) is 88.9 Å². The topological polar surface area (TPSA) is 121 Å². The molecule has 3 saturated heterocycles. The van der Waals surface area contributed by atoms with Crippen molar-refractivity contribution < 1.29 is 55.2 Å². The van der Waals surface area contributed by atoms with Crippen LogP contribution in [0.1, 0.15) is 76.5 Å². The van der Waals surface area contributed by atoms with Gasteiger partial charge in [0.1, 0.15) is 41.2 Å². The van der Waals surface area contributed by atoms with E-state index in [2.05, 4.69) is 20.6 Å². The number of anilines is 1. The summed E-state index contributed by atoms with van der Waals surface area (Å²) in [6.07, 6.45) is 4.69. The maximum Gasteiger partial charge on any atom is 0.586 e. The van der Waals surface area contributed by atoms with Gasteiger partial charge >= 0.3 is 18.4 Å². The van der Waals surface area contributed by atoms with E-state index in [1.54, 1.807) is 37.9 Å². The highest BCUT2D eigenvalue weighted by atomic mass is 19.3. The lowest BCUT2D eigenvalue weighted by Crippen LogP contribution is -2.49. The Balaban J connectivity index is 1.15. The van der Waals surface area contributed by atoms with Gasteiger partial charge in [0.2, 0.25) is 0 Å². The van der Waals surface area contributed by atoms with Crippen molar-refractivity contribution in [2.75, 3.05) is 45.2 Å². The van der Waals surface area contributed by atoms with Crippen LogP contribution in [0.2, 0.25) is 0 Å². The number of hydrogen-bond donors (Lipinski definition) is 0. The fourth-order valence-electron chi connectivity index (χ4n) is 9.29. The summed E-state index contributed by atoms with van der Waals surface area (Å²) in [6.45, 7) is 5.59. The number of ether oxygens (including phenoxy) is 6. The summed E-state index contributed by atoms with van der Waals surface area (Å²) in [5.74, 6) is 0.929. The molecule has 0 radical (unpaired) electrons. The lowest BCUT2D eigenvalue weighted by molar-refractivity contribution is -0.286. The summed E-state index contributed by atoms with van der Waals surface area (Å²) in [6, 6.07) is 9.73. The van der Waals surface area contributed by atoms with E-state index >= 15 is 13.2 Å². The van der Waals surface area contributed by atoms with Crippen LogP contribution >= 0.6 is 0 Å². The highest BCUT2D eigenvalue weighted by molar-refractivity contribution is 6.03. The van der Waals surface area contributed by atoms with Gasteiger partial charge in [-0.25, -0.2) is 23.0 Å². The first-order valence-corrected chi connectivity index (χ1v) is 21.0. The summed E-state index contributed by atoms with van der Waals surface area (Å²) in [7, 11) is 1.44. The van der Waals surface area contributed by atoms with Crippen LogP contribution < -0.4 is 24.0 Å². The Morgan fingerprint density at radius 2 is 1.81 bits per heavy atom. The standard InChI is InChI=1S/C46H45F5N6O7/c1-6-30-33(48)12-10-27-18-29(61-25-59-5)20-31(37(27)30)39-38(49)40-32(22-52-39)41(56-16-8-7-9-17-57(56)43(58)64-44(2,3)4)54-42(53-40)60-24-45-15-14-34(55(45)23-28(47)21-45)26-11-13-35-36(19-26)63-46(50,51)62-35/h1,10-13,18-20,22,28,34H,7-9,14-17,21,23-25H2,2-5H3/t28-,34-,45+/m1/s1. The first kappa shape index (κ1) is 43.1. The van der Waals surface area contributed by atoms with Crippen molar-refractivity contribution in [3.05, 3.63) is 71.4 Å². The predicted molar refractivity (Wildman–Crippen MR) is 224 cm³/mol. The van der Waals surface area contributed by atoms with E-state index in [-0.39, 0.29) is 108 Å². The number of rotatable bonds is 9. The summed E-state index contributed by atoms with van der Waals surface area (Å²) in [5.41, 5.74) is -1.56. The molecule has 0 saturated carbocycles. The number of pyridine rings is 1. The zero-order valence-corrected chi connectivity index (χ0v) is 35.6. The van der Waals surface area contributed by atoms with Crippen molar-refractivity contribution in [1.29, 1.82) is 0 Å². The summed E-state index contributed by atoms with van der Waals surface area (Å²) in [4.78, 5) is 29.8. The Kier molecular flexibility index (Phi) is 11.1. The second kappa shape index (κ2) is 16.4. The number of amides is 1. The number of hydrazine groups is 1. The molecule has 0 bridgehead atoms. The molecule has 6 heterocycles. The molecule has 13 nitrogen and oxygen atoms in total. The van der Waals surface area contributed by atoms with E-state index in [0.29, 0.717) is 36.6 Å². The van der Waals surface area contributed by atoms with Gasteiger partial charge in [0, 0.05) is 56.4 Å². The minimum Gasteiger partial charge on any atom is -0.468 e. The van der Waals surface area contributed by atoms with Crippen LogP contribution in [0.3, 0.4) is 0 Å². The van der Waals surface area contributed by atoms with Crippen molar-refractivity contribution in [3.63, 3.8) is 0 Å². The second-order valence-electron chi connectivity index (χ2n) is 17.4. The van der Waals surface area contributed by atoms with E-state index in [4.69, 9.17) is 35.1 Å². The number of alkyl halides is 3. The normalized spacial score (nSPS) is 21.8. The Labute approximate surface area is 365 Å². The Hall–Kier alpha value is -6.19. The van der Waals surface area contributed by atoms with Crippen molar-refractivity contribution >= 4 is 33.6 Å². The van der Waals surface area contributed by atoms with Crippen LogP contribution in [-0.2, 0) is 9.47 Å². The molecule has 5 aromatic rings. The number of methoxy groups -OCH3 is 1. The largest absolute Gasteiger partial charge is 0.586 e. The van der Waals surface area contributed by atoms with Gasteiger partial charge in [-0.3, -0.25) is 14.9 Å². The van der Waals surface area contributed by atoms with Gasteiger partial charge in [0.25, 0.3) is 0 Å². The maximum absolute atomic E-state index is 17.6. The monoisotopic (exact) mass is 888 g/mol. The first-order chi connectivity index (χ1) is 30.6. The highest BCUT2D eigenvalue weighted by Gasteiger charge is 2.54. The zero-order chi connectivity index (χ0) is 45.1. The molecule has 2 aromatic heterocycles. The summed E-state index contributed by atoms with van der Waals surface area (Å²) < 4.78 is 109. The lowest BCUT2D eigenvalue weighted by Gasteiger charge is -2.36. The number of carbonyl (C=O) groups is 1. The summed E-state index contributed by atoms with van der Waals surface area (Å²) >= 11 is 0. The number of aromatic nitrogens is 3. The molecule has 0 spiro atoms. The number of carbonyl (C=O) groups excluding carboxylic acids is 1. The molecule has 3 aromatic carbocycles. The Bertz CT molecular complexity index is 2700. The quantitative estimate of drug-likeness (QED) is 0.0797. The van der Waals surface area contributed by atoms with Crippen LogP contribution in [0.25, 0.3) is 32.9 Å². The number of fused-ring (bicyclic) bond motifs is 4. The van der Waals surface area contributed by atoms with Crippen molar-refractivity contribution in [2.24, 2.45) is 0 Å². The molecule has 336 valence electrons. The molecule has 18 heteroatoms. The second-order valence-corrected chi connectivity index (χ2v) is 17.4. The molecular weight excluding hydrogens is 844 g/mol. The molecule has 0 unspecified atom stereocenters. The zero-order valence-electron chi connectivity index (χ0n) is 35.6. The third kappa shape index (κ3) is 8.00. The molecule has 1 amide bonds. The molecule has 4 aliphatic heterocycles. The number of halogens is 5. The van der Waals surface area contributed by atoms with Gasteiger partial charge in [0.15, 0.2) is 29.9 Å². The van der Waals surface area contributed by atoms with Crippen LogP contribution in [0.4, 0.5) is 32.6 Å². The van der Waals surface area contributed by atoms with E-state index < -0.39 is 41.3 Å². The molecule has 3 atom stereocenters. The fraction of sp³-hybridized carbons (Fsp3) is 0.435. The van der Waals surface area contributed by atoms with Gasteiger partial charge < -0.3 is 28.4 Å². The summed E-state index contributed by atoms with van der Waals surface area (Å²) in [5, 5.41) is 3.83. The van der Waals surface area contributed by atoms with Crippen molar-refractivity contribution in [3.8, 4) is 46.9 Å². The third-order valence-electron chi connectivity index (χ3n) is 12.0. The minimum atomic E-state index is -3.79. The number of terminal acetylenes is 1. The molecule has 0 N–H and O–H groups in total. The number of benzene rings is 3. The van der Waals surface area contributed by atoms with E-state index in [1.807, 2.05) is 4.90 Å². The maximum atomic E-state index is 17.6.